The number of para-hydroxylation sites is 2. The number of nitrogens with one attached hydrogen (secondary N) is 1. The smallest absolute Gasteiger partial charge is 0.242 e. The van der Waals surface area contributed by atoms with Gasteiger partial charge in [-0.2, -0.15) is 0 Å². The molecule has 0 unspecified atom stereocenters. The summed E-state index contributed by atoms with van der Waals surface area (Å²) in [4.78, 5) is 32.5. The first-order valence-corrected chi connectivity index (χ1v) is 13.3. The lowest BCUT2D eigenvalue weighted by atomic mass is 10.0. The topological polar surface area (TPSA) is 67.2 Å². The van der Waals surface area contributed by atoms with Crippen molar-refractivity contribution in [2.24, 2.45) is 0 Å². The summed E-state index contributed by atoms with van der Waals surface area (Å²) in [5, 5.41) is 3.03. The van der Waals surface area contributed by atoms with Gasteiger partial charge in [0.05, 0.1) is 17.5 Å². The zero-order chi connectivity index (χ0) is 25.5. The summed E-state index contributed by atoms with van der Waals surface area (Å²) in [5.74, 6) is 0.960. The molecular weight excluding hydrogens is 460 g/mol. The number of imidazole rings is 1. The molecule has 4 aromatic rings. The minimum Gasteiger partial charge on any atom is -0.355 e. The predicted molar refractivity (Wildman–Crippen MR) is 147 cm³/mol. The first-order chi connectivity index (χ1) is 18.2. The summed E-state index contributed by atoms with van der Waals surface area (Å²) in [6, 6.07) is 26.3. The molecule has 0 radical (unpaired) electrons. The normalized spacial score (nSPS) is 13.9. The van der Waals surface area contributed by atoms with Gasteiger partial charge >= 0.3 is 0 Å². The molecule has 1 saturated heterocycles. The highest BCUT2D eigenvalue weighted by Gasteiger charge is 2.19. The summed E-state index contributed by atoms with van der Waals surface area (Å²) in [7, 11) is 0. The van der Waals surface area contributed by atoms with Crippen LogP contribution < -0.4 is 5.32 Å². The van der Waals surface area contributed by atoms with E-state index in [2.05, 4.69) is 29.6 Å². The number of fused-ring (bicyclic) bond motifs is 1. The van der Waals surface area contributed by atoms with Gasteiger partial charge in [-0.25, -0.2) is 4.98 Å². The number of likely N-dealkylation sites (tertiary alicyclic amines) is 1. The van der Waals surface area contributed by atoms with Crippen molar-refractivity contribution < 1.29 is 9.59 Å². The van der Waals surface area contributed by atoms with E-state index in [1.807, 2.05) is 64.1 Å². The zero-order valence-electron chi connectivity index (χ0n) is 21.2. The maximum atomic E-state index is 13.1. The van der Waals surface area contributed by atoms with E-state index in [1.54, 1.807) is 0 Å². The number of benzene rings is 3. The van der Waals surface area contributed by atoms with Crippen molar-refractivity contribution in [2.45, 2.75) is 45.1 Å². The van der Waals surface area contributed by atoms with E-state index in [0.717, 1.165) is 59.5 Å². The minimum atomic E-state index is -0.0178. The SMILES string of the molecule is O=C(Cc1ccc(-c2ccccc2)cc1)NCCc1nc2ccccc2n1CC(=O)N1CCCCCC1. The van der Waals surface area contributed by atoms with Crippen LogP contribution in [-0.2, 0) is 29.0 Å². The maximum absolute atomic E-state index is 13.1. The first-order valence-electron chi connectivity index (χ1n) is 13.3. The molecule has 1 N–H and O–H groups in total. The van der Waals surface area contributed by atoms with E-state index in [0.29, 0.717) is 19.4 Å². The second-order valence-corrected chi connectivity index (χ2v) is 9.74. The molecule has 1 aliphatic heterocycles. The van der Waals surface area contributed by atoms with Gasteiger partial charge in [0.1, 0.15) is 12.4 Å². The van der Waals surface area contributed by atoms with Gasteiger partial charge in [0.2, 0.25) is 11.8 Å². The zero-order valence-corrected chi connectivity index (χ0v) is 21.2. The fourth-order valence-electron chi connectivity index (χ4n) is 5.06. The second kappa shape index (κ2) is 11.9. The van der Waals surface area contributed by atoms with Gasteiger partial charge in [0, 0.05) is 26.1 Å². The molecular formula is C31H34N4O2. The molecule has 2 amide bonds. The highest BCUT2D eigenvalue weighted by molar-refractivity contribution is 5.81. The summed E-state index contributed by atoms with van der Waals surface area (Å²) >= 11 is 0. The molecule has 1 aliphatic rings. The van der Waals surface area contributed by atoms with Crippen molar-refractivity contribution in [1.82, 2.24) is 19.8 Å². The molecule has 190 valence electrons. The van der Waals surface area contributed by atoms with Gasteiger partial charge < -0.3 is 14.8 Å². The van der Waals surface area contributed by atoms with Gasteiger partial charge in [-0.05, 0) is 41.7 Å². The molecule has 2 heterocycles. The number of hydrogen-bond acceptors (Lipinski definition) is 3. The van der Waals surface area contributed by atoms with Crippen LogP contribution in [0.2, 0.25) is 0 Å². The predicted octanol–water partition coefficient (Wildman–Crippen LogP) is 5.01. The van der Waals surface area contributed by atoms with E-state index in [4.69, 9.17) is 4.98 Å². The molecule has 6 nitrogen and oxygen atoms in total. The lowest BCUT2D eigenvalue weighted by Crippen LogP contribution is -2.35. The number of nitrogens with zero attached hydrogens (tertiary/aromatic N) is 3. The third-order valence-electron chi connectivity index (χ3n) is 7.08. The van der Waals surface area contributed by atoms with Gasteiger partial charge in [-0.1, -0.05) is 79.6 Å². The van der Waals surface area contributed by atoms with Gasteiger partial charge in [0.15, 0.2) is 0 Å². The molecule has 0 atom stereocenters. The third kappa shape index (κ3) is 6.26. The Balaban J connectivity index is 1.19. The van der Waals surface area contributed by atoms with Crippen LogP contribution in [0.5, 0.6) is 0 Å². The second-order valence-electron chi connectivity index (χ2n) is 9.74. The average Bonchev–Trinajstić information content (AvgIpc) is 3.08. The fraction of sp³-hybridized carbons (Fsp3) is 0.323. The Kier molecular flexibility index (Phi) is 7.94. The molecule has 1 fully saturated rings. The molecule has 0 bridgehead atoms. The maximum Gasteiger partial charge on any atom is 0.242 e. The highest BCUT2D eigenvalue weighted by Crippen LogP contribution is 2.20. The molecule has 6 heteroatoms. The van der Waals surface area contributed by atoms with Crippen LogP contribution in [0.15, 0.2) is 78.9 Å². The third-order valence-corrected chi connectivity index (χ3v) is 7.08. The number of rotatable bonds is 8. The van der Waals surface area contributed by atoms with Crippen LogP contribution in [0, 0.1) is 0 Å². The van der Waals surface area contributed by atoms with Crippen molar-refractivity contribution in [3.63, 3.8) is 0 Å². The standard InChI is InChI=1S/C31H34N4O2/c36-30(22-24-14-16-26(17-15-24)25-10-4-3-5-11-25)32-19-18-29-33-27-12-6-7-13-28(27)35(29)23-31(37)34-20-8-1-2-9-21-34/h3-7,10-17H,1-2,8-9,18-23H2,(H,32,36). The first kappa shape index (κ1) is 24.8. The molecule has 1 aromatic heterocycles. The highest BCUT2D eigenvalue weighted by atomic mass is 16.2. The largest absolute Gasteiger partial charge is 0.355 e. The van der Waals surface area contributed by atoms with Crippen LogP contribution in [0.1, 0.15) is 37.1 Å². The lowest BCUT2D eigenvalue weighted by molar-refractivity contribution is -0.131. The molecule has 37 heavy (non-hydrogen) atoms. The Labute approximate surface area is 218 Å². The summed E-state index contributed by atoms with van der Waals surface area (Å²) < 4.78 is 2.02. The van der Waals surface area contributed by atoms with Crippen molar-refractivity contribution in [3.05, 3.63) is 90.3 Å². The number of amides is 2. The van der Waals surface area contributed by atoms with E-state index in [-0.39, 0.29) is 18.4 Å². The van der Waals surface area contributed by atoms with Crippen LogP contribution >= 0.6 is 0 Å². The fourth-order valence-corrected chi connectivity index (χ4v) is 5.06. The van der Waals surface area contributed by atoms with E-state index < -0.39 is 0 Å². The molecule has 0 spiro atoms. The Bertz CT molecular complexity index is 1340. The molecule has 3 aromatic carbocycles. The number of hydrogen-bond donors (Lipinski definition) is 1. The van der Waals surface area contributed by atoms with Gasteiger partial charge in [-0.3, -0.25) is 9.59 Å². The van der Waals surface area contributed by atoms with Crippen molar-refractivity contribution >= 4 is 22.8 Å². The quantitative estimate of drug-likeness (QED) is 0.375. The Hall–Kier alpha value is -3.93. The molecule has 5 rings (SSSR count). The van der Waals surface area contributed by atoms with E-state index in [9.17, 15) is 9.59 Å². The Morgan fingerprint density at radius 3 is 2.22 bits per heavy atom. The van der Waals surface area contributed by atoms with Gasteiger partial charge in [-0.15, -0.1) is 0 Å². The van der Waals surface area contributed by atoms with Crippen molar-refractivity contribution in [1.29, 1.82) is 0 Å². The number of aromatic nitrogens is 2. The minimum absolute atomic E-state index is 0.0178. The van der Waals surface area contributed by atoms with Crippen molar-refractivity contribution in [2.75, 3.05) is 19.6 Å². The van der Waals surface area contributed by atoms with Crippen LogP contribution in [0.3, 0.4) is 0 Å². The summed E-state index contributed by atoms with van der Waals surface area (Å²) in [6.07, 6.45) is 5.44. The lowest BCUT2D eigenvalue weighted by Gasteiger charge is -2.21. The summed E-state index contributed by atoms with van der Waals surface area (Å²) in [5.41, 5.74) is 5.12. The number of carbonyl (C=O) groups is 2. The Morgan fingerprint density at radius 1 is 0.784 bits per heavy atom. The van der Waals surface area contributed by atoms with Crippen LogP contribution in [0.25, 0.3) is 22.2 Å². The van der Waals surface area contributed by atoms with Gasteiger partial charge in [0.25, 0.3) is 0 Å². The van der Waals surface area contributed by atoms with E-state index in [1.165, 1.54) is 12.8 Å². The number of carbonyl (C=O) groups excluding carboxylic acids is 2. The van der Waals surface area contributed by atoms with Crippen LogP contribution in [-0.4, -0.2) is 45.9 Å². The molecule has 0 saturated carbocycles. The molecule has 0 aliphatic carbocycles. The van der Waals surface area contributed by atoms with Crippen LogP contribution in [0.4, 0.5) is 0 Å². The summed E-state index contributed by atoms with van der Waals surface area (Å²) in [6.45, 7) is 2.44. The monoisotopic (exact) mass is 494 g/mol. The Morgan fingerprint density at radius 2 is 1.46 bits per heavy atom. The average molecular weight is 495 g/mol. The van der Waals surface area contributed by atoms with Crippen molar-refractivity contribution in [3.8, 4) is 11.1 Å². The van der Waals surface area contributed by atoms with E-state index >= 15 is 0 Å².